The molecule has 1 aliphatic rings. The first-order valence-corrected chi connectivity index (χ1v) is 8.47. The zero-order chi connectivity index (χ0) is 16.5. The molecule has 0 saturated carbocycles. The summed E-state index contributed by atoms with van der Waals surface area (Å²) >= 11 is 0. The van der Waals surface area contributed by atoms with Gasteiger partial charge in [-0.2, -0.15) is 0 Å². The first kappa shape index (κ1) is 15.3. The van der Waals surface area contributed by atoms with Crippen molar-refractivity contribution in [2.24, 2.45) is 0 Å². The van der Waals surface area contributed by atoms with Crippen molar-refractivity contribution in [2.75, 3.05) is 13.1 Å². The van der Waals surface area contributed by atoms with E-state index in [2.05, 4.69) is 40.0 Å². The summed E-state index contributed by atoms with van der Waals surface area (Å²) < 4.78 is 13.8. The molecular formula is C19H21FN4. The minimum Gasteiger partial charge on any atom is -0.342 e. The summed E-state index contributed by atoms with van der Waals surface area (Å²) in [5.41, 5.74) is 3.87. The summed E-state index contributed by atoms with van der Waals surface area (Å²) in [6, 6.07) is 9.32. The lowest BCUT2D eigenvalue weighted by Crippen LogP contribution is -2.34. The fourth-order valence-corrected chi connectivity index (χ4v) is 3.56. The maximum absolute atomic E-state index is 13.8. The molecule has 1 N–H and O–H groups in total. The molecule has 0 bridgehead atoms. The highest BCUT2D eigenvalue weighted by atomic mass is 19.1. The highest BCUT2D eigenvalue weighted by Gasteiger charge is 2.25. The van der Waals surface area contributed by atoms with E-state index in [-0.39, 0.29) is 5.82 Å². The number of nitrogens with one attached hydrogen (secondary N) is 1. The number of hydrogen-bond donors (Lipinski definition) is 1. The number of imidazole rings is 1. The number of rotatable bonds is 3. The Morgan fingerprint density at radius 3 is 3.04 bits per heavy atom. The average molecular weight is 324 g/mol. The van der Waals surface area contributed by atoms with Gasteiger partial charge >= 0.3 is 0 Å². The smallest absolute Gasteiger partial charge is 0.146 e. The van der Waals surface area contributed by atoms with E-state index in [0.29, 0.717) is 18.2 Å². The van der Waals surface area contributed by atoms with Gasteiger partial charge in [0.2, 0.25) is 0 Å². The van der Waals surface area contributed by atoms with Gasteiger partial charge in [-0.1, -0.05) is 12.1 Å². The highest BCUT2D eigenvalue weighted by Crippen LogP contribution is 2.28. The van der Waals surface area contributed by atoms with E-state index in [9.17, 15) is 4.39 Å². The van der Waals surface area contributed by atoms with E-state index in [1.54, 1.807) is 12.3 Å². The Morgan fingerprint density at radius 1 is 1.29 bits per heavy atom. The standard InChI is InChI=1S/C19H21FN4/c1-13-5-2-8-16-18(13)23-19(22-16)14-6-4-10-24(11-14)12-17-15(20)7-3-9-21-17/h2-3,5,7-9,14H,4,6,10-12H2,1H3,(H,22,23)/t14-/m0/s1. The van der Waals surface area contributed by atoms with E-state index in [1.807, 2.05) is 0 Å². The topological polar surface area (TPSA) is 44.8 Å². The maximum Gasteiger partial charge on any atom is 0.146 e. The Bertz CT molecular complexity index is 857. The van der Waals surface area contributed by atoms with Gasteiger partial charge in [0, 0.05) is 25.2 Å². The number of aromatic nitrogens is 3. The Morgan fingerprint density at radius 2 is 2.21 bits per heavy atom. The molecule has 2 aromatic heterocycles. The third-order valence-electron chi connectivity index (χ3n) is 4.83. The molecule has 5 heteroatoms. The van der Waals surface area contributed by atoms with Crippen LogP contribution in [-0.2, 0) is 6.54 Å². The summed E-state index contributed by atoms with van der Waals surface area (Å²) in [7, 11) is 0. The van der Waals surface area contributed by atoms with Crippen LogP contribution in [-0.4, -0.2) is 32.9 Å². The van der Waals surface area contributed by atoms with Gasteiger partial charge < -0.3 is 4.98 Å². The van der Waals surface area contributed by atoms with E-state index < -0.39 is 0 Å². The van der Waals surface area contributed by atoms with Gasteiger partial charge in [-0.3, -0.25) is 9.88 Å². The first-order chi connectivity index (χ1) is 11.7. The number of aryl methyl sites for hydroxylation is 1. The SMILES string of the molecule is Cc1cccc2[nH]c([C@H]3CCCN(Cc4ncccc4F)C3)nc12. The molecule has 1 fully saturated rings. The molecule has 3 aromatic rings. The number of H-pyrrole nitrogens is 1. The highest BCUT2D eigenvalue weighted by molar-refractivity contribution is 5.78. The van der Waals surface area contributed by atoms with Crippen molar-refractivity contribution in [1.29, 1.82) is 0 Å². The second kappa shape index (κ2) is 6.32. The minimum absolute atomic E-state index is 0.223. The van der Waals surface area contributed by atoms with Crippen molar-refractivity contribution < 1.29 is 4.39 Å². The lowest BCUT2D eigenvalue weighted by molar-refractivity contribution is 0.192. The molecule has 4 nitrogen and oxygen atoms in total. The molecule has 1 atom stereocenters. The van der Waals surface area contributed by atoms with Crippen LogP contribution in [0.3, 0.4) is 0 Å². The van der Waals surface area contributed by atoms with Gasteiger partial charge in [-0.15, -0.1) is 0 Å². The van der Waals surface area contributed by atoms with Crippen molar-refractivity contribution in [3.05, 3.63) is 59.4 Å². The molecule has 3 heterocycles. The monoisotopic (exact) mass is 324 g/mol. The minimum atomic E-state index is -0.223. The zero-order valence-corrected chi connectivity index (χ0v) is 13.8. The predicted octanol–water partition coefficient (Wildman–Crippen LogP) is 3.79. The van der Waals surface area contributed by atoms with E-state index >= 15 is 0 Å². The Hall–Kier alpha value is -2.27. The molecule has 1 saturated heterocycles. The third kappa shape index (κ3) is 2.91. The van der Waals surface area contributed by atoms with Crippen LogP contribution in [0.2, 0.25) is 0 Å². The van der Waals surface area contributed by atoms with Crippen molar-refractivity contribution >= 4 is 11.0 Å². The number of hydrogen-bond acceptors (Lipinski definition) is 3. The molecule has 1 aromatic carbocycles. The number of para-hydroxylation sites is 1. The number of piperidine rings is 1. The summed E-state index contributed by atoms with van der Waals surface area (Å²) in [6.45, 7) is 4.51. The Balaban J connectivity index is 1.53. The van der Waals surface area contributed by atoms with Crippen molar-refractivity contribution in [3.63, 3.8) is 0 Å². The molecule has 24 heavy (non-hydrogen) atoms. The summed E-state index contributed by atoms with van der Waals surface area (Å²) in [4.78, 5) is 14.8. The second-order valence-corrected chi connectivity index (χ2v) is 6.60. The van der Waals surface area contributed by atoms with Crippen LogP contribution >= 0.6 is 0 Å². The lowest BCUT2D eigenvalue weighted by atomic mass is 9.97. The molecule has 1 aliphatic heterocycles. The summed E-state index contributed by atoms with van der Waals surface area (Å²) in [5.74, 6) is 1.18. The molecule has 124 valence electrons. The third-order valence-corrected chi connectivity index (χ3v) is 4.83. The zero-order valence-electron chi connectivity index (χ0n) is 13.8. The van der Waals surface area contributed by atoms with E-state index in [0.717, 1.165) is 42.8 Å². The van der Waals surface area contributed by atoms with Crippen LogP contribution in [0.4, 0.5) is 4.39 Å². The summed E-state index contributed by atoms with van der Waals surface area (Å²) in [5, 5.41) is 0. The number of nitrogens with zero attached hydrogens (tertiary/aromatic N) is 3. The van der Waals surface area contributed by atoms with Crippen LogP contribution in [0.1, 0.15) is 35.8 Å². The Kier molecular flexibility index (Phi) is 4.02. The fourth-order valence-electron chi connectivity index (χ4n) is 3.56. The van der Waals surface area contributed by atoms with Crippen molar-refractivity contribution in [3.8, 4) is 0 Å². The molecule has 0 unspecified atom stereocenters. The predicted molar refractivity (Wildman–Crippen MR) is 92.3 cm³/mol. The van der Waals surface area contributed by atoms with Crippen LogP contribution in [0.15, 0.2) is 36.5 Å². The van der Waals surface area contributed by atoms with Gasteiger partial charge in [0.1, 0.15) is 11.6 Å². The largest absolute Gasteiger partial charge is 0.342 e. The van der Waals surface area contributed by atoms with Crippen molar-refractivity contribution in [1.82, 2.24) is 19.9 Å². The van der Waals surface area contributed by atoms with Crippen LogP contribution in [0.25, 0.3) is 11.0 Å². The van der Waals surface area contributed by atoms with Crippen LogP contribution < -0.4 is 0 Å². The molecule has 0 radical (unpaired) electrons. The quantitative estimate of drug-likeness (QED) is 0.797. The van der Waals surface area contributed by atoms with Crippen LogP contribution in [0.5, 0.6) is 0 Å². The number of pyridine rings is 1. The van der Waals surface area contributed by atoms with Gasteiger partial charge in [0.15, 0.2) is 0 Å². The van der Waals surface area contributed by atoms with Gasteiger partial charge in [-0.25, -0.2) is 9.37 Å². The fraction of sp³-hybridized carbons (Fsp3) is 0.368. The summed E-state index contributed by atoms with van der Waals surface area (Å²) in [6.07, 6.45) is 3.86. The molecule has 0 spiro atoms. The number of fused-ring (bicyclic) bond motifs is 1. The van der Waals surface area contributed by atoms with E-state index in [1.165, 1.54) is 11.6 Å². The van der Waals surface area contributed by atoms with Gasteiger partial charge in [-0.05, 0) is 50.1 Å². The number of benzene rings is 1. The molecule has 4 rings (SSSR count). The molecule has 0 aliphatic carbocycles. The second-order valence-electron chi connectivity index (χ2n) is 6.60. The average Bonchev–Trinajstić information content (AvgIpc) is 3.03. The van der Waals surface area contributed by atoms with Gasteiger partial charge in [0.25, 0.3) is 0 Å². The number of aromatic amines is 1. The molecular weight excluding hydrogens is 303 g/mol. The van der Waals surface area contributed by atoms with Crippen LogP contribution in [0, 0.1) is 12.7 Å². The number of likely N-dealkylation sites (tertiary alicyclic amines) is 1. The van der Waals surface area contributed by atoms with Crippen molar-refractivity contribution in [2.45, 2.75) is 32.2 Å². The maximum atomic E-state index is 13.8. The first-order valence-electron chi connectivity index (χ1n) is 8.47. The molecule has 0 amide bonds. The lowest BCUT2D eigenvalue weighted by Gasteiger charge is -2.31. The number of halogens is 1. The van der Waals surface area contributed by atoms with Gasteiger partial charge in [0.05, 0.1) is 16.7 Å². The Labute approximate surface area is 140 Å². The normalized spacial score (nSPS) is 19.0. The van der Waals surface area contributed by atoms with E-state index in [4.69, 9.17) is 4.98 Å².